The van der Waals surface area contributed by atoms with E-state index in [-0.39, 0.29) is 0 Å². The van der Waals surface area contributed by atoms with Crippen molar-refractivity contribution in [3.8, 4) is 11.5 Å². The monoisotopic (exact) mass is 323 g/mol. The molecule has 2 nitrogen and oxygen atoms in total. The second-order valence-corrected chi connectivity index (χ2v) is 6.80. The van der Waals surface area contributed by atoms with Crippen molar-refractivity contribution in [3.05, 3.63) is 47.5 Å². The molecule has 128 valence electrons. The fraction of sp³-hybridized carbons (Fsp3) is 0.455. The maximum absolute atomic E-state index is 6.20. The van der Waals surface area contributed by atoms with E-state index in [9.17, 15) is 0 Å². The van der Waals surface area contributed by atoms with Crippen LogP contribution in [0.3, 0.4) is 0 Å². The lowest BCUT2D eigenvalue weighted by Gasteiger charge is -2.23. The Bertz CT molecular complexity index is 678. The fourth-order valence-electron chi connectivity index (χ4n) is 3.22. The molecular formula is C22H29NO. The number of aryl methyl sites for hydroxylation is 2. The van der Waals surface area contributed by atoms with Gasteiger partial charge in [-0.3, -0.25) is 0 Å². The fourth-order valence-corrected chi connectivity index (χ4v) is 3.22. The predicted molar refractivity (Wildman–Crippen MR) is 103 cm³/mol. The highest BCUT2D eigenvalue weighted by molar-refractivity contribution is 5.76. The van der Waals surface area contributed by atoms with Crippen LogP contribution in [-0.4, -0.2) is 0 Å². The maximum atomic E-state index is 6.20. The molecule has 0 spiro atoms. The van der Waals surface area contributed by atoms with Crippen LogP contribution in [-0.2, 0) is 12.8 Å². The van der Waals surface area contributed by atoms with E-state index in [1.807, 2.05) is 0 Å². The van der Waals surface area contributed by atoms with Gasteiger partial charge in [-0.05, 0) is 61.1 Å². The van der Waals surface area contributed by atoms with E-state index in [0.29, 0.717) is 0 Å². The molecule has 0 atom stereocenters. The summed E-state index contributed by atoms with van der Waals surface area (Å²) in [6.45, 7) is 4.49. The summed E-state index contributed by atoms with van der Waals surface area (Å²) in [7, 11) is 0. The third-order valence-electron chi connectivity index (χ3n) is 4.72. The second kappa shape index (κ2) is 8.23. The van der Waals surface area contributed by atoms with Crippen LogP contribution >= 0.6 is 0 Å². The second-order valence-electron chi connectivity index (χ2n) is 6.80. The van der Waals surface area contributed by atoms with Crippen LogP contribution in [0.15, 0.2) is 36.4 Å². The van der Waals surface area contributed by atoms with Gasteiger partial charge in [-0.1, -0.05) is 51.7 Å². The Morgan fingerprint density at radius 2 is 1.29 bits per heavy atom. The van der Waals surface area contributed by atoms with Crippen LogP contribution in [0.2, 0.25) is 0 Å². The highest BCUT2D eigenvalue weighted by Gasteiger charge is 2.17. The van der Waals surface area contributed by atoms with Crippen molar-refractivity contribution < 1.29 is 4.74 Å². The van der Waals surface area contributed by atoms with Crippen LogP contribution in [0.4, 0.5) is 11.4 Å². The molecule has 0 aromatic heterocycles. The quantitative estimate of drug-likeness (QED) is 0.450. The molecule has 0 amide bonds. The Kier molecular flexibility index (Phi) is 5.79. The molecule has 2 heteroatoms. The number of fused-ring (bicyclic) bond motifs is 2. The number of unbranched alkanes of at least 4 members (excludes halogenated alkanes) is 4. The Morgan fingerprint density at radius 1 is 0.708 bits per heavy atom. The largest absolute Gasteiger partial charge is 0.453 e. The first-order chi connectivity index (χ1) is 11.8. The summed E-state index contributed by atoms with van der Waals surface area (Å²) in [6.07, 6.45) is 9.90. The van der Waals surface area contributed by atoms with E-state index in [2.05, 4.69) is 55.6 Å². The molecule has 1 aliphatic heterocycles. The Labute approximate surface area is 146 Å². The smallest absolute Gasteiger partial charge is 0.151 e. The van der Waals surface area contributed by atoms with Crippen LogP contribution < -0.4 is 10.1 Å². The summed E-state index contributed by atoms with van der Waals surface area (Å²) in [5.41, 5.74) is 4.87. The number of benzene rings is 2. The van der Waals surface area contributed by atoms with Crippen molar-refractivity contribution >= 4 is 11.4 Å². The molecule has 0 radical (unpaired) electrons. The normalized spacial score (nSPS) is 12.1. The van der Waals surface area contributed by atoms with Crippen molar-refractivity contribution in [2.24, 2.45) is 0 Å². The average Bonchev–Trinajstić information content (AvgIpc) is 2.61. The molecule has 0 saturated heterocycles. The number of hydrogen-bond acceptors (Lipinski definition) is 2. The van der Waals surface area contributed by atoms with Gasteiger partial charge in [-0.15, -0.1) is 0 Å². The van der Waals surface area contributed by atoms with Gasteiger partial charge in [0.25, 0.3) is 0 Å². The van der Waals surface area contributed by atoms with E-state index >= 15 is 0 Å². The van der Waals surface area contributed by atoms with Crippen LogP contribution in [0.1, 0.15) is 63.5 Å². The number of nitrogens with one attached hydrogen (secondary N) is 1. The lowest BCUT2D eigenvalue weighted by atomic mass is 10.0. The van der Waals surface area contributed by atoms with Gasteiger partial charge in [-0.2, -0.15) is 0 Å². The summed E-state index contributed by atoms with van der Waals surface area (Å²) in [5, 5.41) is 3.50. The minimum absolute atomic E-state index is 0.958. The zero-order chi connectivity index (χ0) is 16.8. The van der Waals surface area contributed by atoms with Gasteiger partial charge in [-0.25, -0.2) is 0 Å². The molecule has 1 aliphatic rings. The minimum atomic E-state index is 0.958. The molecule has 2 aromatic carbocycles. The van der Waals surface area contributed by atoms with E-state index in [4.69, 9.17) is 4.74 Å². The summed E-state index contributed by atoms with van der Waals surface area (Å²) >= 11 is 0. The molecule has 24 heavy (non-hydrogen) atoms. The third kappa shape index (κ3) is 4.11. The van der Waals surface area contributed by atoms with Gasteiger partial charge in [0.2, 0.25) is 0 Å². The van der Waals surface area contributed by atoms with Gasteiger partial charge >= 0.3 is 0 Å². The maximum Gasteiger partial charge on any atom is 0.151 e. The van der Waals surface area contributed by atoms with Crippen molar-refractivity contribution in [1.29, 1.82) is 0 Å². The minimum Gasteiger partial charge on any atom is -0.453 e. The summed E-state index contributed by atoms with van der Waals surface area (Å²) < 4.78 is 6.20. The lowest BCUT2D eigenvalue weighted by Crippen LogP contribution is -2.04. The molecular weight excluding hydrogens is 294 g/mol. The average molecular weight is 323 g/mol. The SMILES string of the molecule is CCCCCCc1ccc2c(c1)Oc1cc(CCCC)ccc1N2. The Morgan fingerprint density at radius 3 is 1.88 bits per heavy atom. The zero-order valence-electron chi connectivity index (χ0n) is 15.0. The first-order valence-electron chi connectivity index (χ1n) is 9.51. The van der Waals surface area contributed by atoms with E-state index in [1.165, 1.54) is 49.7 Å². The number of hydrogen-bond donors (Lipinski definition) is 1. The van der Waals surface area contributed by atoms with E-state index in [0.717, 1.165) is 35.7 Å². The van der Waals surface area contributed by atoms with Crippen LogP contribution in [0.5, 0.6) is 11.5 Å². The van der Waals surface area contributed by atoms with Crippen molar-refractivity contribution in [1.82, 2.24) is 0 Å². The van der Waals surface area contributed by atoms with Crippen LogP contribution in [0.25, 0.3) is 0 Å². The van der Waals surface area contributed by atoms with Crippen molar-refractivity contribution in [2.45, 2.75) is 65.2 Å². The van der Waals surface area contributed by atoms with Crippen molar-refractivity contribution in [2.75, 3.05) is 5.32 Å². The third-order valence-corrected chi connectivity index (χ3v) is 4.72. The molecule has 3 rings (SSSR count). The first-order valence-corrected chi connectivity index (χ1v) is 9.51. The highest BCUT2D eigenvalue weighted by Crippen LogP contribution is 2.42. The molecule has 2 aromatic rings. The van der Waals surface area contributed by atoms with Gasteiger partial charge in [0.1, 0.15) is 0 Å². The number of rotatable bonds is 8. The predicted octanol–water partition coefficient (Wildman–Crippen LogP) is 7.00. The molecule has 0 fully saturated rings. The molecule has 1 N–H and O–H groups in total. The topological polar surface area (TPSA) is 21.3 Å². The zero-order valence-corrected chi connectivity index (χ0v) is 15.0. The summed E-state index contributed by atoms with van der Waals surface area (Å²) in [5.74, 6) is 1.92. The van der Waals surface area contributed by atoms with E-state index in [1.54, 1.807) is 0 Å². The molecule has 0 saturated carbocycles. The first kappa shape index (κ1) is 16.9. The Balaban J connectivity index is 1.70. The van der Waals surface area contributed by atoms with Crippen LogP contribution in [0, 0.1) is 0 Å². The summed E-state index contributed by atoms with van der Waals surface area (Å²) in [6, 6.07) is 13.1. The standard InChI is InChI=1S/C22H29NO/c1-3-5-7-8-10-18-12-14-20-22(16-18)24-21-15-17(9-6-4-2)11-13-19(21)23-20/h11-16,23H,3-10H2,1-2H3. The molecule has 0 unspecified atom stereocenters. The molecule has 1 heterocycles. The van der Waals surface area contributed by atoms with Gasteiger partial charge in [0, 0.05) is 0 Å². The Hall–Kier alpha value is -1.96. The van der Waals surface area contributed by atoms with Gasteiger partial charge in [0.05, 0.1) is 11.4 Å². The number of anilines is 2. The summed E-state index contributed by atoms with van der Waals surface area (Å²) in [4.78, 5) is 0. The van der Waals surface area contributed by atoms with Crippen molar-refractivity contribution in [3.63, 3.8) is 0 Å². The number of ether oxygens (including phenoxy) is 1. The lowest BCUT2D eigenvalue weighted by molar-refractivity contribution is 0.479. The van der Waals surface area contributed by atoms with Gasteiger partial charge in [0.15, 0.2) is 11.5 Å². The molecule has 0 bridgehead atoms. The highest BCUT2D eigenvalue weighted by atomic mass is 16.5. The van der Waals surface area contributed by atoms with Gasteiger partial charge < -0.3 is 10.1 Å². The van der Waals surface area contributed by atoms with E-state index < -0.39 is 0 Å². The molecule has 0 aliphatic carbocycles.